The van der Waals surface area contributed by atoms with Crippen LogP contribution in [0.15, 0.2) is 34.0 Å². The predicted molar refractivity (Wildman–Crippen MR) is 114 cm³/mol. The first-order valence-electron chi connectivity index (χ1n) is 9.40. The predicted octanol–water partition coefficient (Wildman–Crippen LogP) is 3.15. The molecule has 1 amide bonds. The van der Waals surface area contributed by atoms with Gasteiger partial charge in [-0.3, -0.25) is 14.2 Å². The molecule has 152 valence electrons. The summed E-state index contributed by atoms with van der Waals surface area (Å²) in [5.74, 6) is 0.460. The van der Waals surface area contributed by atoms with Crippen molar-refractivity contribution in [3.05, 3.63) is 50.9 Å². The average Bonchev–Trinajstić information content (AvgIpc) is 2.84. The van der Waals surface area contributed by atoms with Gasteiger partial charge in [0.25, 0.3) is 11.5 Å². The number of carbonyl (C=O) groups is 1. The Labute approximate surface area is 172 Å². The van der Waals surface area contributed by atoms with Gasteiger partial charge in [-0.1, -0.05) is 6.42 Å². The van der Waals surface area contributed by atoms with E-state index < -0.39 is 9.84 Å². The van der Waals surface area contributed by atoms with Gasteiger partial charge < -0.3 is 5.32 Å². The maximum absolute atomic E-state index is 13.0. The fourth-order valence-electron chi connectivity index (χ4n) is 3.60. The van der Waals surface area contributed by atoms with Crippen molar-refractivity contribution >= 4 is 43.0 Å². The van der Waals surface area contributed by atoms with Crippen molar-refractivity contribution in [2.45, 2.75) is 44.0 Å². The molecule has 0 atom stereocenters. The topological polar surface area (TPSA) is 98.1 Å². The zero-order valence-electron chi connectivity index (χ0n) is 16.2. The molecule has 1 aromatic carbocycles. The average molecular weight is 432 g/mol. The van der Waals surface area contributed by atoms with Crippen molar-refractivity contribution < 1.29 is 13.2 Å². The summed E-state index contributed by atoms with van der Waals surface area (Å²) in [6, 6.07) is 6.00. The van der Waals surface area contributed by atoms with Crippen LogP contribution in [-0.2, 0) is 22.8 Å². The number of carbonyl (C=O) groups excluding carboxylic acids is 1. The fraction of sp³-hybridized carbons (Fsp3) is 0.350. The quantitative estimate of drug-likeness (QED) is 0.687. The Kier molecular flexibility index (Phi) is 5.04. The number of hydrogen-bond acceptors (Lipinski definition) is 6. The SMILES string of the molecule is Cc1c(C(=O)Nc2ccc(S(C)(=O)=O)cc2)sc2nc3n(c(=O)c12)CCCCC3. The number of thiophene rings is 1. The van der Waals surface area contributed by atoms with Crippen molar-refractivity contribution in [1.82, 2.24) is 9.55 Å². The molecular formula is C20H21N3O4S2. The summed E-state index contributed by atoms with van der Waals surface area (Å²) < 4.78 is 24.9. The van der Waals surface area contributed by atoms with E-state index in [-0.39, 0.29) is 16.4 Å². The zero-order valence-corrected chi connectivity index (χ0v) is 17.8. The number of sulfone groups is 1. The van der Waals surface area contributed by atoms with Gasteiger partial charge in [0.1, 0.15) is 10.7 Å². The van der Waals surface area contributed by atoms with Gasteiger partial charge in [-0.25, -0.2) is 13.4 Å². The molecule has 1 aliphatic heterocycles. The van der Waals surface area contributed by atoms with E-state index in [1.165, 1.54) is 23.5 Å². The van der Waals surface area contributed by atoms with Crippen molar-refractivity contribution in [3.8, 4) is 0 Å². The Bertz CT molecular complexity index is 1270. The monoisotopic (exact) mass is 431 g/mol. The minimum absolute atomic E-state index is 0.0720. The maximum Gasteiger partial charge on any atom is 0.266 e. The van der Waals surface area contributed by atoms with Crippen molar-refractivity contribution in [3.63, 3.8) is 0 Å². The lowest BCUT2D eigenvalue weighted by Crippen LogP contribution is -2.24. The number of aryl methyl sites for hydroxylation is 2. The lowest BCUT2D eigenvalue weighted by molar-refractivity contribution is 0.103. The van der Waals surface area contributed by atoms with Crippen LogP contribution >= 0.6 is 11.3 Å². The Morgan fingerprint density at radius 2 is 1.90 bits per heavy atom. The second-order valence-corrected chi connectivity index (χ2v) is 10.3. The number of benzene rings is 1. The van der Waals surface area contributed by atoms with Gasteiger partial charge in [0.15, 0.2) is 9.84 Å². The number of anilines is 1. The third-order valence-corrected chi connectivity index (χ3v) is 7.47. The van der Waals surface area contributed by atoms with Gasteiger partial charge in [0.2, 0.25) is 0 Å². The molecule has 1 aliphatic rings. The van der Waals surface area contributed by atoms with Crippen LogP contribution in [0.25, 0.3) is 10.2 Å². The molecule has 0 aliphatic carbocycles. The molecule has 0 radical (unpaired) electrons. The molecule has 1 N–H and O–H groups in total. The molecule has 4 rings (SSSR count). The summed E-state index contributed by atoms with van der Waals surface area (Å²) in [6.45, 7) is 2.44. The molecular weight excluding hydrogens is 410 g/mol. The summed E-state index contributed by atoms with van der Waals surface area (Å²) in [5.41, 5.74) is 1.05. The Morgan fingerprint density at radius 1 is 1.17 bits per heavy atom. The van der Waals surface area contributed by atoms with Crippen LogP contribution in [-0.4, -0.2) is 30.1 Å². The fourth-order valence-corrected chi connectivity index (χ4v) is 5.32. The van der Waals surface area contributed by atoms with E-state index in [9.17, 15) is 18.0 Å². The van der Waals surface area contributed by atoms with Crippen LogP contribution in [0.5, 0.6) is 0 Å². The van der Waals surface area contributed by atoms with Crippen molar-refractivity contribution in [2.24, 2.45) is 0 Å². The third kappa shape index (κ3) is 3.72. The van der Waals surface area contributed by atoms with Crippen LogP contribution in [0.1, 0.15) is 40.3 Å². The molecule has 0 bridgehead atoms. The van der Waals surface area contributed by atoms with Crippen molar-refractivity contribution in [1.29, 1.82) is 0 Å². The number of fused-ring (bicyclic) bond motifs is 2. The Morgan fingerprint density at radius 3 is 2.59 bits per heavy atom. The summed E-state index contributed by atoms with van der Waals surface area (Å²) in [4.78, 5) is 31.7. The molecule has 29 heavy (non-hydrogen) atoms. The smallest absolute Gasteiger partial charge is 0.266 e. The first-order valence-corrected chi connectivity index (χ1v) is 12.1. The van der Waals surface area contributed by atoms with E-state index in [1.807, 2.05) is 0 Å². The van der Waals surface area contributed by atoms with Gasteiger partial charge in [-0.2, -0.15) is 0 Å². The summed E-state index contributed by atoms with van der Waals surface area (Å²) in [6.07, 6.45) is 4.96. The van der Waals surface area contributed by atoms with E-state index in [1.54, 1.807) is 23.6 Å². The van der Waals surface area contributed by atoms with Gasteiger partial charge in [-0.05, 0) is 49.6 Å². The molecule has 7 nitrogen and oxygen atoms in total. The van der Waals surface area contributed by atoms with Crippen molar-refractivity contribution in [2.75, 3.05) is 11.6 Å². The van der Waals surface area contributed by atoms with Crippen LogP contribution in [0.2, 0.25) is 0 Å². The molecule has 9 heteroatoms. The van der Waals surface area contributed by atoms with E-state index in [4.69, 9.17) is 0 Å². The highest BCUT2D eigenvalue weighted by Gasteiger charge is 2.22. The van der Waals surface area contributed by atoms with Crippen LogP contribution in [0.3, 0.4) is 0 Å². The summed E-state index contributed by atoms with van der Waals surface area (Å²) in [5, 5.41) is 3.29. The molecule has 0 fully saturated rings. The standard InChI is InChI=1S/C20H21N3O4S2/c1-12-16-19(22-15-6-4-3-5-11-23(15)20(16)25)28-17(12)18(24)21-13-7-9-14(10-8-13)29(2,26)27/h7-10H,3-6,11H2,1-2H3,(H,21,24). The molecule has 0 saturated carbocycles. The number of rotatable bonds is 3. The van der Waals surface area contributed by atoms with Gasteiger partial charge in [-0.15, -0.1) is 11.3 Å². The largest absolute Gasteiger partial charge is 0.321 e. The normalized spacial score (nSPS) is 14.4. The van der Waals surface area contributed by atoms with E-state index in [0.717, 1.165) is 37.8 Å². The number of nitrogens with zero attached hydrogens (tertiary/aromatic N) is 2. The lowest BCUT2D eigenvalue weighted by atomic mass is 10.2. The third-order valence-electron chi connectivity index (χ3n) is 5.16. The number of aromatic nitrogens is 2. The Hall–Kier alpha value is -2.52. The molecule has 0 saturated heterocycles. The maximum atomic E-state index is 13.0. The van der Waals surface area contributed by atoms with E-state index in [0.29, 0.717) is 32.9 Å². The number of amides is 1. The molecule has 0 unspecified atom stereocenters. The molecule has 0 spiro atoms. The molecule has 3 heterocycles. The molecule has 3 aromatic rings. The second-order valence-electron chi connectivity index (χ2n) is 7.28. The Balaban J connectivity index is 1.69. The second kappa shape index (κ2) is 7.38. The van der Waals surface area contributed by atoms with Gasteiger partial charge in [0.05, 0.1) is 15.2 Å². The highest BCUT2D eigenvalue weighted by molar-refractivity contribution is 7.90. The molecule has 2 aromatic heterocycles. The number of hydrogen-bond donors (Lipinski definition) is 1. The first-order chi connectivity index (χ1) is 13.8. The van der Waals surface area contributed by atoms with E-state index in [2.05, 4.69) is 10.3 Å². The van der Waals surface area contributed by atoms with Crippen LogP contribution < -0.4 is 10.9 Å². The van der Waals surface area contributed by atoms with Gasteiger partial charge >= 0.3 is 0 Å². The zero-order chi connectivity index (χ0) is 20.8. The first kappa shape index (κ1) is 19.8. The highest BCUT2D eigenvalue weighted by Crippen LogP contribution is 2.29. The van der Waals surface area contributed by atoms with Crippen LogP contribution in [0, 0.1) is 6.92 Å². The van der Waals surface area contributed by atoms with Crippen LogP contribution in [0.4, 0.5) is 5.69 Å². The minimum Gasteiger partial charge on any atom is -0.321 e. The highest BCUT2D eigenvalue weighted by atomic mass is 32.2. The van der Waals surface area contributed by atoms with Gasteiger partial charge in [0, 0.05) is 24.9 Å². The summed E-state index contributed by atoms with van der Waals surface area (Å²) >= 11 is 1.22. The summed E-state index contributed by atoms with van der Waals surface area (Å²) in [7, 11) is -3.30. The number of nitrogens with one attached hydrogen (secondary N) is 1. The minimum atomic E-state index is -3.30. The lowest BCUT2D eigenvalue weighted by Gasteiger charge is -2.08. The van der Waals surface area contributed by atoms with E-state index >= 15 is 0 Å².